The summed E-state index contributed by atoms with van der Waals surface area (Å²) in [7, 11) is 0. The van der Waals surface area contributed by atoms with Gasteiger partial charge in [0.25, 0.3) is 0 Å². The average Bonchev–Trinajstić information content (AvgIpc) is 3.56. The molecule has 0 unspecified atom stereocenters. The Morgan fingerprint density at radius 2 is 1.80 bits per heavy atom. The SMILES string of the molecule is CCc1nc2c(cnn2CC)c(NC2CCOCC2)c1CNC(=O)CCC(=O)NCc1ccc(Cl)c(-c2cccc(CN3CCN[C@@H](C)C3)c2)c1. The number of nitrogens with one attached hydrogen (secondary N) is 4. The lowest BCUT2D eigenvalue weighted by molar-refractivity contribution is -0.126. The van der Waals surface area contributed by atoms with Gasteiger partial charge >= 0.3 is 0 Å². The van der Waals surface area contributed by atoms with Crippen LogP contribution in [0.25, 0.3) is 22.2 Å². The van der Waals surface area contributed by atoms with Crippen molar-refractivity contribution in [3.63, 3.8) is 0 Å². The van der Waals surface area contributed by atoms with E-state index in [2.05, 4.69) is 76.3 Å². The molecule has 51 heavy (non-hydrogen) atoms. The second-order valence-electron chi connectivity index (χ2n) is 13.7. The quantitative estimate of drug-likeness (QED) is 0.136. The molecule has 2 saturated heterocycles. The molecule has 0 saturated carbocycles. The van der Waals surface area contributed by atoms with Crippen molar-refractivity contribution in [1.82, 2.24) is 35.6 Å². The van der Waals surface area contributed by atoms with Crippen molar-refractivity contribution < 1.29 is 14.3 Å². The number of hydrogen-bond donors (Lipinski definition) is 4. The van der Waals surface area contributed by atoms with Crippen LogP contribution in [0, 0.1) is 0 Å². The number of pyridine rings is 1. The van der Waals surface area contributed by atoms with Gasteiger partial charge in [0.1, 0.15) is 0 Å². The first kappa shape index (κ1) is 36.8. The van der Waals surface area contributed by atoms with Gasteiger partial charge < -0.3 is 26.0 Å². The molecule has 0 aliphatic carbocycles. The fraction of sp³-hybridized carbons (Fsp3) is 0.487. The van der Waals surface area contributed by atoms with Gasteiger partial charge in [-0.15, -0.1) is 0 Å². The molecule has 4 heterocycles. The van der Waals surface area contributed by atoms with Crippen molar-refractivity contribution in [3.8, 4) is 11.1 Å². The molecule has 2 aromatic heterocycles. The highest BCUT2D eigenvalue weighted by Crippen LogP contribution is 2.32. The van der Waals surface area contributed by atoms with E-state index in [9.17, 15) is 9.59 Å². The van der Waals surface area contributed by atoms with Crippen molar-refractivity contribution in [1.29, 1.82) is 0 Å². The standard InChI is InChI=1S/C39H51ClN8O3/c1-4-35-32(38(45-30-13-17-51-18-14-30)33-23-44-48(5-2)39(33)46-35)22-43-37(50)12-11-36(49)42-21-27-9-10-34(40)31(20-27)29-8-6-7-28(19-29)25-47-16-15-41-26(3)24-47/h6-10,19-20,23,26,30,41H,4-5,11-18,21-22,24-25H2,1-3H3,(H,42,49)(H,43,50)(H,45,46)/t26-/m0/s1. The number of benzene rings is 2. The molecule has 2 aliphatic rings. The summed E-state index contributed by atoms with van der Waals surface area (Å²) in [5, 5.41) is 19.5. The van der Waals surface area contributed by atoms with Crippen LogP contribution in [0.1, 0.15) is 68.8 Å². The number of piperazine rings is 1. The molecular formula is C39H51ClN8O3. The molecule has 4 aromatic rings. The molecule has 272 valence electrons. The van der Waals surface area contributed by atoms with Gasteiger partial charge in [0.05, 0.1) is 17.3 Å². The molecule has 11 nitrogen and oxygen atoms in total. The minimum Gasteiger partial charge on any atom is -0.381 e. The molecule has 2 aliphatic heterocycles. The van der Waals surface area contributed by atoms with Crippen LogP contribution in [0.4, 0.5) is 5.69 Å². The van der Waals surface area contributed by atoms with Gasteiger partial charge in [0, 0.05) is 106 Å². The number of aryl methyl sites for hydroxylation is 2. The number of fused-ring (bicyclic) bond motifs is 1. The number of aromatic nitrogens is 3. The number of halogens is 1. The van der Waals surface area contributed by atoms with Crippen LogP contribution in [0.3, 0.4) is 0 Å². The number of anilines is 1. The molecule has 1 atom stereocenters. The van der Waals surface area contributed by atoms with E-state index in [0.29, 0.717) is 30.6 Å². The first-order chi connectivity index (χ1) is 24.8. The summed E-state index contributed by atoms with van der Waals surface area (Å²) in [6.45, 7) is 13.1. The zero-order valence-corrected chi connectivity index (χ0v) is 30.8. The van der Waals surface area contributed by atoms with E-state index in [4.69, 9.17) is 21.3 Å². The predicted octanol–water partition coefficient (Wildman–Crippen LogP) is 5.43. The van der Waals surface area contributed by atoms with Gasteiger partial charge in [0.15, 0.2) is 5.65 Å². The number of hydrogen-bond acceptors (Lipinski definition) is 8. The molecule has 4 N–H and O–H groups in total. The predicted molar refractivity (Wildman–Crippen MR) is 203 cm³/mol. The van der Waals surface area contributed by atoms with Crippen LogP contribution in [0.15, 0.2) is 48.7 Å². The lowest BCUT2D eigenvalue weighted by Crippen LogP contribution is -2.48. The second kappa shape index (κ2) is 17.5. The fourth-order valence-electron chi connectivity index (χ4n) is 7.05. The first-order valence-corrected chi connectivity index (χ1v) is 18.8. The summed E-state index contributed by atoms with van der Waals surface area (Å²) in [5.74, 6) is -0.363. The number of carbonyl (C=O) groups excluding carboxylic acids is 2. The molecular weight excluding hydrogens is 664 g/mol. The van der Waals surface area contributed by atoms with E-state index in [1.807, 2.05) is 29.1 Å². The number of rotatable bonds is 14. The zero-order valence-electron chi connectivity index (χ0n) is 30.1. The number of nitrogens with zero attached hydrogens (tertiary/aromatic N) is 4. The second-order valence-corrected chi connectivity index (χ2v) is 14.1. The van der Waals surface area contributed by atoms with Crippen LogP contribution in [-0.2, 0) is 46.9 Å². The number of ether oxygens (including phenoxy) is 1. The Kier molecular flexibility index (Phi) is 12.6. The smallest absolute Gasteiger partial charge is 0.220 e. The highest BCUT2D eigenvalue weighted by Gasteiger charge is 2.22. The van der Waals surface area contributed by atoms with Gasteiger partial charge in [-0.1, -0.05) is 42.8 Å². The first-order valence-electron chi connectivity index (χ1n) is 18.4. The molecule has 0 spiro atoms. The van der Waals surface area contributed by atoms with Gasteiger partial charge in [-0.25, -0.2) is 9.67 Å². The van der Waals surface area contributed by atoms with Crippen LogP contribution >= 0.6 is 11.6 Å². The number of carbonyl (C=O) groups is 2. The maximum atomic E-state index is 13.0. The molecule has 2 fully saturated rings. The Morgan fingerprint density at radius 3 is 2.55 bits per heavy atom. The summed E-state index contributed by atoms with van der Waals surface area (Å²) in [6, 6.07) is 15.1. The maximum Gasteiger partial charge on any atom is 0.220 e. The zero-order chi connectivity index (χ0) is 35.7. The summed E-state index contributed by atoms with van der Waals surface area (Å²) in [5.41, 5.74) is 7.89. The summed E-state index contributed by atoms with van der Waals surface area (Å²) in [4.78, 5) is 33.3. The number of amides is 2. The largest absolute Gasteiger partial charge is 0.381 e. The van der Waals surface area contributed by atoms with E-state index < -0.39 is 0 Å². The minimum atomic E-state index is -0.183. The molecule has 2 aromatic carbocycles. The van der Waals surface area contributed by atoms with E-state index in [-0.39, 0.29) is 30.7 Å². The Balaban J connectivity index is 1.04. The van der Waals surface area contributed by atoms with Gasteiger partial charge in [0.2, 0.25) is 11.8 Å². The van der Waals surface area contributed by atoms with Gasteiger partial charge in [-0.05, 0) is 68.0 Å². The fourth-order valence-corrected chi connectivity index (χ4v) is 7.27. The molecule has 0 radical (unpaired) electrons. The molecule has 12 heteroatoms. The summed E-state index contributed by atoms with van der Waals surface area (Å²) < 4.78 is 7.48. The molecule has 6 rings (SSSR count). The average molecular weight is 715 g/mol. The van der Waals surface area contributed by atoms with Gasteiger partial charge in [-0.2, -0.15) is 5.10 Å². The van der Waals surface area contributed by atoms with E-state index >= 15 is 0 Å². The van der Waals surface area contributed by atoms with E-state index in [0.717, 1.165) is 103 Å². The Morgan fingerprint density at radius 1 is 1.02 bits per heavy atom. The van der Waals surface area contributed by atoms with Crippen molar-refractivity contribution in [2.24, 2.45) is 0 Å². The summed E-state index contributed by atoms with van der Waals surface area (Å²) in [6.07, 6.45) is 4.58. The monoisotopic (exact) mass is 714 g/mol. The van der Waals surface area contributed by atoms with E-state index in [1.54, 1.807) is 0 Å². The van der Waals surface area contributed by atoms with Crippen molar-refractivity contribution in [2.75, 3.05) is 38.2 Å². The van der Waals surface area contributed by atoms with E-state index in [1.165, 1.54) is 5.56 Å². The Bertz CT molecular complexity index is 1820. The van der Waals surface area contributed by atoms with Crippen LogP contribution < -0.4 is 21.3 Å². The minimum absolute atomic E-state index is 0.0873. The lowest BCUT2D eigenvalue weighted by Gasteiger charge is -2.31. The maximum absolute atomic E-state index is 13.0. The van der Waals surface area contributed by atoms with Crippen molar-refractivity contribution in [2.45, 2.75) is 91.1 Å². The third kappa shape index (κ3) is 9.45. The summed E-state index contributed by atoms with van der Waals surface area (Å²) >= 11 is 6.66. The van der Waals surface area contributed by atoms with Crippen LogP contribution in [0.5, 0.6) is 0 Å². The lowest BCUT2D eigenvalue weighted by atomic mass is 10.0. The third-order valence-corrected chi connectivity index (χ3v) is 10.2. The third-order valence-electron chi connectivity index (χ3n) is 9.84. The van der Waals surface area contributed by atoms with Crippen LogP contribution in [0.2, 0.25) is 5.02 Å². The topological polar surface area (TPSA) is 125 Å². The normalized spacial score (nSPS) is 17.1. The molecule has 2 amide bonds. The van der Waals surface area contributed by atoms with Crippen molar-refractivity contribution in [3.05, 3.63) is 76.1 Å². The van der Waals surface area contributed by atoms with Crippen LogP contribution in [-0.4, -0.2) is 76.4 Å². The molecule has 0 bridgehead atoms. The van der Waals surface area contributed by atoms with Gasteiger partial charge in [-0.3, -0.25) is 14.5 Å². The Hall–Kier alpha value is -4.03. The Labute approximate surface area is 305 Å². The highest BCUT2D eigenvalue weighted by atomic mass is 35.5. The van der Waals surface area contributed by atoms with Crippen molar-refractivity contribution >= 4 is 40.1 Å². The highest BCUT2D eigenvalue weighted by molar-refractivity contribution is 6.33.